The fourth-order valence-corrected chi connectivity index (χ4v) is 2.92. The van der Waals surface area contributed by atoms with Crippen LogP contribution in [0.25, 0.3) is 11.3 Å². The van der Waals surface area contributed by atoms with Crippen molar-refractivity contribution in [2.45, 2.75) is 19.9 Å². The third-order valence-electron chi connectivity index (χ3n) is 3.67. The third kappa shape index (κ3) is 3.46. The number of benzene rings is 2. The normalized spacial score (nSPS) is 11.9. The summed E-state index contributed by atoms with van der Waals surface area (Å²) in [5.74, 6) is -0.146. The van der Waals surface area contributed by atoms with Gasteiger partial charge in [0.1, 0.15) is 10.6 Å². The molecule has 0 saturated heterocycles. The Labute approximate surface area is 139 Å². The average Bonchev–Trinajstić information content (AvgIpc) is 3.06. The Morgan fingerprint density at radius 1 is 1.09 bits per heavy atom. The lowest BCUT2D eigenvalue weighted by Gasteiger charge is -2.13. The van der Waals surface area contributed by atoms with Gasteiger partial charge < -0.3 is 5.32 Å². The van der Waals surface area contributed by atoms with E-state index in [2.05, 4.69) is 14.9 Å². The summed E-state index contributed by atoms with van der Waals surface area (Å²) in [7, 11) is 0. The van der Waals surface area contributed by atoms with Gasteiger partial charge in [-0.3, -0.25) is 4.79 Å². The number of carbonyl (C=O) groups excluding carboxylic acids is 1. The Balaban J connectivity index is 1.81. The zero-order valence-corrected chi connectivity index (χ0v) is 13.8. The van der Waals surface area contributed by atoms with E-state index >= 15 is 0 Å². The lowest BCUT2D eigenvalue weighted by molar-refractivity contribution is 0.0944. The lowest BCUT2D eigenvalue weighted by Crippen LogP contribution is -2.26. The van der Waals surface area contributed by atoms with Crippen LogP contribution in [0, 0.1) is 6.92 Å². The van der Waals surface area contributed by atoms with Gasteiger partial charge in [-0.25, -0.2) is 0 Å². The van der Waals surface area contributed by atoms with Gasteiger partial charge in [0.15, 0.2) is 0 Å². The van der Waals surface area contributed by atoms with Gasteiger partial charge in [0.05, 0.1) is 6.04 Å². The Hall–Kier alpha value is -2.53. The fraction of sp³-hybridized carbons (Fsp3) is 0.167. The third-order valence-corrected chi connectivity index (χ3v) is 4.39. The largest absolute Gasteiger partial charge is 0.345 e. The number of nitrogens with zero attached hydrogens (tertiary/aromatic N) is 2. The minimum Gasteiger partial charge on any atom is -0.345 e. The molecule has 1 heterocycles. The number of amides is 1. The standard InChI is InChI=1S/C18H17N3OS/c1-12-8-10-15(11-9-12)16-17(23-21-20-16)18(22)19-13(2)14-6-4-3-5-7-14/h3-11,13H,1-2H3,(H,19,22)/t13-/m0/s1. The van der Waals surface area contributed by atoms with Gasteiger partial charge in [0, 0.05) is 5.56 Å². The van der Waals surface area contributed by atoms with Gasteiger partial charge in [-0.2, -0.15) is 0 Å². The van der Waals surface area contributed by atoms with Crippen LogP contribution in [0.2, 0.25) is 0 Å². The summed E-state index contributed by atoms with van der Waals surface area (Å²) >= 11 is 1.12. The second kappa shape index (κ2) is 6.71. The van der Waals surface area contributed by atoms with E-state index < -0.39 is 0 Å². The molecule has 5 heteroatoms. The number of rotatable bonds is 4. The first-order valence-electron chi connectivity index (χ1n) is 7.40. The second-order valence-corrected chi connectivity index (χ2v) is 6.18. The van der Waals surface area contributed by atoms with Crippen molar-refractivity contribution in [1.29, 1.82) is 0 Å². The molecular weight excluding hydrogens is 306 g/mol. The second-order valence-electron chi connectivity index (χ2n) is 5.42. The van der Waals surface area contributed by atoms with E-state index in [4.69, 9.17) is 0 Å². The Morgan fingerprint density at radius 3 is 2.48 bits per heavy atom. The first kappa shape index (κ1) is 15.4. The number of nitrogens with one attached hydrogen (secondary N) is 1. The molecule has 116 valence electrons. The van der Waals surface area contributed by atoms with Crippen LogP contribution in [-0.2, 0) is 0 Å². The summed E-state index contributed by atoms with van der Waals surface area (Å²) in [4.78, 5) is 13.1. The molecule has 0 aliphatic rings. The highest BCUT2D eigenvalue weighted by atomic mass is 32.1. The highest BCUT2D eigenvalue weighted by molar-refractivity contribution is 7.08. The summed E-state index contributed by atoms with van der Waals surface area (Å²) in [5.41, 5.74) is 3.77. The summed E-state index contributed by atoms with van der Waals surface area (Å²) in [5, 5.41) is 7.14. The molecule has 23 heavy (non-hydrogen) atoms. The molecule has 0 saturated carbocycles. The highest BCUT2D eigenvalue weighted by Crippen LogP contribution is 2.25. The Bertz CT molecular complexity index is 797. The summed E-state index contributed by atoms with van der Waals surface area (Å²) in [6.45, 7) is 3.99. The molecule has 1 amide bonds. The van der Waals surface area contributed by atoms with Crippen molar-refractivity contribution < 1.29 is 4.79 Å². The molecule has 0 fully saturated rings. The quantitative estimate of drug-likeness (QED) is 0.789. The predicted octanol–water partition coefficient (Wildman–Crippen LogP) is 4.00. The van der Waals surface area contributed by atoms with E-state index in [9.17, 15) is 4.79 Å². The molecule has 1 aromatic heterocycles. The zero-order valence-electron chi connectivity index (χ0n) is 13.0. The van der Waals surface area contributed by atoms with Crippen LogP contribution < -0.4 is 5.32 Å². The first-order valence-corrected chi connectivity index (χ1v) is 8.17. The summed E-state index contributed by atoms with van der Waals surface area (Å²) in [6, 6.07) is 17.7. The predicted molar refractivity (Wildman–Crippen MR) is 92.4 cm³/mol. The lowest BCUT2D eigenvalue weighted by atomic mass is 10.1. The Morgan fingerprint density at radius 2 is 1.78 bits per heavy atom. The molecule has 3 rings (SSSR count). The molecule has 2 aromatic carbocycles. The van der Waals surface area contributed by atoms with Gasteiger partial charge in [0.25, 0.3) is 5.91 Å². The molecule has 4 nitrogen and oxygen atoms in total. The first-order chi connectivity index (χ1) is 11.1. The van der Waals surface area contributed by atoms with Gasteiger partial charge in [-0.15, -0.1) is 5.10 Å². The van der Waals surface area contributed by atoms with Crippen molar-refractivity contribution in [2.75, 3.05) is 0 Å². The van der Waals surface area contributed by atoms with Crippen LogP contribution in [0.15, 0.2) is 54.6 Å². The molecule has 0 radical (unpaired) electrons. The minimum atomic E-state index is -0.146. The molecule has 0 aliphatic heterocycles. The maximum absolute atomic E-state index is 12.6. The number of hydrogen-bond acceptors (Lipinski definition) is 4. The maximum Gasteiger partial charge on any atom is 0.265 e. The molecule has 3 aromatic rings. The van der Waals surface area contributed by atoms with E-state index in [1.54, 1.807) is 0 Å². The number of carbonyl (C=O) groups is 1. The maximum atomic E-state index is 12.6. The molecule has 0 unspecified atom stereocenters. The van der Waals surface area contributed by atoms with Crippen molar-refractivity contribution in [3.8, 4) is 11.3 Å². The average molecular weight is 323 g/mol. The van der Waals surface area contributed by atoms with Crippen molar-refractivity contribution in [1.82, 2.24) is 14.9 Å². The summed E-state index contributed by atoms with van der Waals surface area (Å²) in [6.07, 6.45) is 0. The van der Waals surface area contributed by atoms with Gasteiger partial charge in [-0.05, 0) is 30.9 Å². The highest BCUT2D eigenvalue weighted by Gasteiger charge is 2.19. The van der Waals surface area contributed by atoms with Gasteiger partial charge in [-0.1, -0.05) is 64.6 Å². The monoisotopic (exact) mass is 323 g/mol. The van der Waals surface area contributed by atoms with Crippen LogP contribution >= 0.6 is 11.5 Å². The fourth-order valence-electron chi connectivity index (χ4n) is 2.33. The van der Waals surface area contributed by atoms with Crippen molar-refractivity contribution in [3.63, 3.8) is 0 Å². The molecule has 0 aliphatic carbocycles. The van der Waals surface area contributed by atoms with Crippen LogP contribution in [0.4, 0.5) is 0 Å². The summed E-state index contributed by atoms with van der Waals surface area (Å²) < 4.78 is 3.95. The van der Waals surface area contributed by atoms with E-state index in [0.29, 0.717) is 10.6 Å². The van der Waals surface area contributed by atoms with E-state index in [1.165, 1.54) is 5.56 Å². The van der Waals surface area contributed by atoms with Crippen molar-refractivity contribution >= 4 is 17.4 Å². The van der Waals surface area contributed by atoms with Crippen LogP contribution in [0.3, 0.4) is 0 Å². The zero-order chi connectivity index (χ0) is 16.2. The van der Waals surface area contributed by atoms with Crippen molar-refractivity contribution in [3.05, 3.63) is 70.6 Å². The van der Waals surface area contributed by atoms with E-state index in [1.807, 2.05) is 68.4 Å². The molecule has 1 atom stereocenters. The van der Waals surface area contributed by atoms with Crippen LogP contribution in [-0.4, -0.2) is 15.5 Å². The molecular formula is C18H17N3OS. The SMILES string of the molecule is Cc1ccc(-c2nnsc2C(=O)N[C@@H](C)c2ccccc2)cc1. The number of aromatic nitrogens is 2. The van der Waals surface area contributed by atoms with E-state index in [-0.39, 0.29) is 11.9 Å². The van der Waals surface area contributed by atoms with Gasteiger partial charge in [0.2, 0.25) is 0 Å². The van der Waals surface area contributed by atoms with Crippen molar-refractivity contribution in [2.24, 2.45) is 0 Å². The topological polar surface area (TPSA) is 54.9 Å². The smallest absolute Gasteiger partial charge is 0.265 e. The van der Waals surface area contributed by atoms with Crippen LogP contribution in [0.1, 0.15) is 33.8 Å². The van der Waals surface area contributed by atoms with Crippen LogP contribution in [0.5, 0.6) is 0 Å². The molecule has 0 spiro atoms. The van der Waals surface area contributed by atoms with Gasteiger partial charge >= 0.3 is 0 Å². The number of hydrogen-bond donors (Lipinski definition) is 1. The van der Waals surface area contributed by atoms with E-state index in [0.717, 1.165) is 22.7 Å². The number of aryl methyl sites for hydroxylation is 1. The molecule has 0 bridgehead atoms. The minimum absolute atomic E-state index is 0.0725. The molecule has 1 N–H and O–H groups in total. The Kier molecular flexibility index (Phi) is 4.48.